The summed E-state index contributed by atoms with van der Waals surface area (Å²) in [5.41, 5.74) is -0.655. The van der Waals surface area contributed by atoms with Gasteiger partial charge in [0.25, 0.3) is 0 Å². The second kappa shape index (κ2) is 5.61. The minimum absolute atomic E-state index is 0.342. The van der Waals surface area contributed by atoms with E-state index >= 15 is 0 Å². The summed E-state index contributed by atoms with van der Waals surface area (Å²) in [5.74, 6) is 0.462. The van der Waals surface area contributed by atoms with Crippen molar-refractivity contribution in [2.75, 3.05) is 18.1 Å². The standard InChI is InChI=1S/C10H15Cl2N3O2S/c1-10(2,15-18(3,16)17)6-14-9-8(12)4-7(11)5-13-9/h4-5,15H,6H2,1-3H3,(H,13,14). The van der Waals surface area contributed by atoms with Crippen molar-refractivity contribution >= 4 is 39.0 Å². The molecule has 0 fully saturated rings. The number of hydrogen-bond donors (Lipinski definition) is 2. The molecule has 5 nitrogen and oxygen atoms in total. The molecule has 8 heteroatoms. The Hall–Kier alpha value is -0.560. The minimum atomic E-state index is -3.27. The molecular weight excluding hydrogens is 297 g/mol. The van der Waals surface area contributed by atoms with Crippen LogP contribution in [0.15, 0.2) is 12.3 Å². The third-order valence-corrected chi connectivity index (χ3v) is 3.39. The van der Waals surface area contributed by atoms with Gasteiger partial charge in [-0.05, 0) is 19.9 Å². The summed E-state index contributed by atoms with van der Waals surface area (Å²) >= 11 is 11.7. The Balaban J connectivity index is 2.70. The van der Waals surface area contributed by atoms with Crippen LogP contribution in [-0.4, -0.2) is 31.7 Å². The highest BCUT2D eigenvalue weighted by atomic mass is 35.5. The molecule has 0 aromatic carbocycles. The molecule has 0 radical (unpaired) electrons. The average Bonchev–Trinajstić information content (AvgIpc) is 2.12. The highest BCUT2D eigenvalue weighted by Crippen LogP contribution is 2.22. The van der Waals surface area contributed by atoms with Crippen molar-refractivity contribution in [3.63, 3.8) is 0 Å². The Labute approximate surface area is 117 Å². The molecule has 102 valence electrons. The zero-order valence-electron chi connectivity index (χ0n) is 10.3. The van der Waals surface area contributed by atoms with E-state index in [1.54, 1.807) is 19.9 Å². The van der Waals surface area contributed by atoms with Crippen molar-refractivity contribution in [2.24, 2.45) is 0 Å². The third kappa shape index (κ3) is 5.39. The average molecular weight is 312 g/mol. The predicted molar refractivity (Wildman–Crippen MR) is 74.8 cm³/mol. The molecular formula is C10H15Cl2N3O2S. The second-order valence-corrected chi connectivity index (χ2v) is 7.19. The van der Waals surface area contributed by atoms with Crippen molar-refractivity contribution in [2.45, 2.75) is 19.4 Å². The molecule has 0 amide bonds. The van der Waals surface area contributed by atoms with Gasteiger partial charge >= 0.3 is 0 Å². The first-order valence-corrected chi connectivity index (χ1v) is 7.78. The van der Waals surface area contributed by atoms with Gasteiger partial charge in [0.1, 0.15) is 5.82 Å². The van der Waals surface area contributed by atoms with Crippen LogP contribution >= 0.6 is 23.2 Å². The summed E-state index contributed by atoms with van der Waals surface area (Å²) in [5, 5.41) is 3.80. The number of nitrogens with one attached hydrogen (secondary N) is 2. The lowest BCUT2D eigenvalue weighted by atomic mass is 10.1. The zero-order chi connectivity index (χ0) is 14.0. The Kier molecular flexibility index (Phi) is 4.83. The van der Waals surface area contributed by atoms with Crippen LogP contribution in [0.3, 0.4) is 0 Å². The molecule has 0 saturated carbocycles. The number of sulfonamides is 1. The molecule has 1 rings (SSSR count). The van der Waals surface area contributed by atoms with Crippen LogP contribution in [0.1, 0.15) is 13.8 Å². The first-order chi connectivity index (χ1) is 8.09. The zero-order valence-corrected chi connectivity index (χ0v) is 12.6. The summed E-state index contributed by atoms with van der Waals surface area (Å²) < 4.78 is 24.9. The molecule has 18 heavy (non-hydrogen) atoms. The van der Waals surface area contributed by atoms with E-state index in [2.05, 4.69) is 15.0 Å². The van der Waals surface area contributed by atoms with E-state index in [4.69, 9.17) is 23.2 Å². The monoisotopic (exact) mass is 311 g/mol. The maximum absolute atomic E-state index is 11.2. The van der Waals surface area contributed by atoms with Crippen LogP contribution in [0.2, 0.25) is 10.0 Å². The van der Waals surface area contributed by atoms with Gasteiger partial charge in [-0.2, -0.15) is 0 Å². The fraction of sp³-hybridized carbons (Fsp3) is 0.500. The minimum Gasteiger partial charge on any atom is -0.367 e. The molecule has 0 atom stereocenters. The van der Waals surface area contributed by atoms with Crippen molar-refractivity contribution < 1.29 is 8.42 Å². The highest BCUT2D eigenvalue weighted by Gasteiger charge is 2.22. The van der Waals surface area contributed by atoms with Gasteiger partial charge in [-0.1, -0.05) is 23.2 Å². The Morgan fingerprint density at radius 3 is 2.50 bits per heavy atom. The van der Waals surface area contributed by atoms with Crippen molar-refractivity contribution in [3.05, 3.63) is 22.3 Å². The molecule has 1 aromatic rings. The smallest absolute Gasteiger partial charge is 0.209 e. The summed E-state index contributed by atoms with van der Waals surface area (Å²) in [4.78, 5) is 4.03. The fourth-order valence-corrected chi connectivity index (χ4v) is 2.91. The molecule has 1 heterocycles. The molecule has 0 bridgehead atoms. The van der Waals surface area contributed by atoms with E-state index in [9.17, 15) is 8.42 Å². The number of rotatable bonds is 5. The van der Waals surface area contributed by atoms with Crippen LogP contribution in [0.25, 0.3) is 0 Å². The summed E-state index contributed by atoms with van der Waals surface area (Å²) in [7, 11) is -3.27. The van der Waals surface area contributed by atoms with Gasteiger partial charge in [-0.15, -0.1) is 0 Å². The van der Waals surface area contributed by atoms with E-state index in [1.807, 2.05) is 0 Å². The molecule has 2 N–H and O–H groups in total. The summed E-state index contributed by atoms with van der Waals surface area (Å²) in [6.07, 6.45) is 2.58. The van der Waals surface area contributed by atoms with Gasteiger partial charge in [-0.25, -0.2) is 18.1 Å². The van der Waals surface area contributed by atoms with Gasteiger partial charge in [0, 0.05) is 18.3 Å². The molecule has 0 unspecified atom stereocenters. The largest absolute Gasteiger partial charge is 0.367 e. The maximum Gasteiger partial charge on any atom is 0.209 e. The molecule has 0 saturated heterocycles. The number of nitrogens with zero attached hydrogens (tertiary/aromatic N) is 1. The number of anilines is 1. The first kappa shape index (κ1) is 15.5. The second-order valence-electron chi connectivity index (χ2n) is 4.60. The van der Waals surface area contributed by atoms with Gasteiger partial charge in [0.15, 0.2) is 0 Å². The Bertz CT molecular complexity index is 532. The topological polar surface area (TPSA) is 71.1 Å². The highest BCUT2D eigenvalue weighted by molar-refractivity contribution is 7.88. The number of pyridine rings is 1. The first-order valence-electron chi connectivity index (χ1n) is 5.13. The van der Waals surface area contributed by atoms with Crippen LogP contribution in [-0.2, 0) is 10.0 Å². The van der Waals surface area contributed by atoms with Gasteiger partial charge in [-0.3, -0.25) is 0 Å². The van der Waals surface area contributed by atoms with Crippen LogP contribution < -0.4 is 10.0 Å². The van der Waals surface area contributed by atoms with Gasteiger partial charge in [0.05, 0.1) is 16.3 Å². The third-order valence-electron chi connectivity index (χ3n) is 1.97. The van der Waals surface area contributed by atoms with E-state index in [0.717, 1.165) is 6.26 Å². The van der Waals surface area contributed by atoms with Gasteiger partial charge < -0.3 is 5.32 Å². The van der Waals surface area contributed by atoms with E-state index in [0.29, 0.717) is 22.4 Å². The molecule has 0 aliphatic carbocycles. The summed E-state index contributed by atoms with van der Waals surface area (Å²) in [6.45, 7) is 3.85. The molecule has 0 spiro atoms. The van der Waals surface area contributed by atoms with E-state index in [1.165, 1.54) is 6.20 Å². The Morgan fingerprint density at radius 2 is 2.00 bits per heavy atom. The lowest BCUT2D eigenvalue weighted by molar-refractivity contribution is 0.476. The van der Waals surface area contributed by atoms with Crippen molar-refractivity contribution in [1.82, 2.24) is 9.71 Å². The van der Waals surface area contributed by atoms with E-state index in [-0.39, 0.29) is 0 Å². The molecule has 0 aliphatic rings. The van der Waals surface area contributed by atoms with Crippen LogP contribution in [0.5, 0.6) is 0 Å². The van der Waals surface area contributed by atoms with Crippen molar-refractivity contribution in [3.8, 4) is 0 Å². The molecule has 0 aliphatic heterocycles. The fourth-order valence-electron chi connectivity index (χ4n) is 1.39. The Morgan fingerprint density at radius 1 is 1.39 bits per heavy atom. The quantitative estimate of drug-likeness (QED) is 0.874. The molecule has 1 aromatic heterocycles. The lowest BCUT2D eigenvalue weighted by Crippen LogP contribution is -2.47. The van der Waals surface area contributed by atoms with Gasteiger partial charge in [0.2, 0.25) is 10.0 Å². The van der Waals surface area contributed by atoms with E-state index < -0.39 is 15.6 Å². The van der Waals surface area contributed by atoms with Crippen LogP contribution in [0, 0.1) is 0 Å². The maximum atomic E-state index is 11.2. The predicted octanol–water partition coefficient (Wildman–Crippen LogP) is 2.13. The number of hydrogen-bond acceptors (Lipinski definition) is 4. The SMILES string of the molecule is CC(C)(CNc1ncc(Cl)cc1Cl)NS(C)(=O)=O. The number of halogens is 2. The normalized spacial score (nSPS) is 12.5. The van der Waals surface area contributed by atoms with Crippen LogP contribution in [0.4, 0.5) is 5.82 Å². The summed E-state index contributed by atoms with van der Waals surface area (Å²) in [6, 6.07) is 1.56. The lowest BCUT2D eigenvalue weighted by Gasteiger charge is -2.25. The van der Waals surface area contributed by atoms with Crippen molar-refractivity contribution in [1.29, 1.82) is 0 Å². The number of aromatic nitrogens is 1.